The number of rotatable bonds is 13. The third-order valence-electron chi connectivity index (χ3n) is 5.24. The Balaban J connectivity index is 2.50. The van der Waals surface area contributed by atoms with Crippen LogP contribution in [-0.4, -0.2) is 52.4 Å². The Bertz CT molecular complexity index is 1100. The largest absolute Gasteiger partial charge is 0.464 e. The van der Waals surface area contributed by atoms with Crippen molar-refractivity contribution in [1.29, 1.82) is 0 Å². The van der Waals surface area contributed by atoms with Gasteiger partial charge in [0.2, 0.25) is 6.04 Å². The molecule has 0 radical (unpaired) electrons. The maximum Gasteiger partial charge on any atom is 0.342 e. The van der Waals surface area contributed by atoms with Crippen molar-refractivity contribution in [3.63, 3.8) is 0 Å². The molecule has 35 heavy (non-hydrogen) atoms. The fourth-order valence-electron chi connectivity index (χ4n) is 3.52. The van der Waals surface area contributed by atoms with Gasteiger partial charge in [0, 0.05) is 12.0 Å². The quantitative estimate of drug-likeness (QED) is 0.196. The molecule has 0 spiro atoms. The second-order valence-corrected chi connectivity index (χ2v) is 9.72. The third-order valence-corrected chi connectivity index (χ3v) is 7.27. The topological polar surface area (TPSA) is 104 Å². The van der Waals surface area contributed by atoms with Crippen LogP contribution in [0, 0.1) is 6.92 Å². The van der Waals surface area contributed by atoms with Gasteiger partial charge in [-0.2, -0.15) is 8.42 Å². The Morgan fingerprint density at radius 1 is 1.00 bits per heavy atom. The highest BCUT2D eigenvalue weighted by molar-refractivity contribution is 7.85. The van der Waals surface area contributed by atoms with Crippen molar-refractivity contribution in [2.75, 3.05) is 19.8 Å². The molecule has 0 amide bonds. The minimum atomic E-state index is -3.90. The van der Waals surface area contributed by atoms with Crippen molar-refractivity contribution in [2.24, 2.45) is 4.99 Å². The molecule has 0 aliphatic carbocycles. The highest BCUT2D eigenvalue weighted by atomic mass is 32.2. The minimum Gasteiger partial charge on any atom is -0.464 e. The van der Waals surface area contributed by atoms with Crippen molar-refractivity contribution in [3.05, 3.63) is 78.4 Å². The highest BCUT2D eigenvalue weighted by Crippen LogP contribution is 2.17. The lowest BCUT2D eigenvalue weighted by Crippen LogP contribution is -3.14. The zero-order valence-electron chi connectivity index (χ0n) is 20.3. The van der Waals surface area contributed by atoms with Gasteiger partial charge in [0.15, 0.2) is 0 Å². The first-order valence-electron chi connectivity index (χ1n) is 11.4. The Hall–Kier alpha value is -3.30. The molecule has 0 aromatic heterocycles. The number of carbonyl (C=O) groups is 2. The van der Waals surface area contributed by atoms with Crippen LogP contribution < -0.4 is 4.31 Å². The van der Waals surface area contributed by atoms with Crippen LogP contribution in [0.4, 0.5) is 0 Å². The van der Waals surface area contributed by atoms with Crippen molar-refractivity contribution < 1.29 is 31.8 Å². The lowest BCUT2D eigenvalue weighted by atomic mass is 10.0. The summed E-state index contributed by atoms with van der Waals surface area (Å²) >= 11 is 0. The molecule has 0 bridgehead atoms. The Kier molecular flexibility index (Phi) is 10.8. The number of quaternary nitrogens is 1. The molecule has 0 saturated heterocycles. The summed E-state index contributed by atoms with van der Waals surface area (Å²) in [5.41, 5.74) is 1.74. The van der Waals surface area contributed by atoms with Crippen molar-refractivity contribution in [2.45, 2.75) is 44.2 Å². The standard InChI is InChI=1S/C26H32N2O6S/c1-5-11-23(21-12-9-8-10-13-21)28(35(31,32)22-16-14-20(4)15-17-22)19-18-27-24(25(29)33-6-2)26(30)34-7-3/h5,8-10,12-18,23-24H,1,6-7,11,19H2,2-4H3/p+1. The molecule has 2 aromatic carbocycles. The predicted molar refractivity (Wildman–Crippen MR) is 134 cm³/mol. The summed E-state index contributed by atoms with van der Waals surface area (Å²) in [5, 5.41) is 0. The molecule has 1 N–H and O–H groups in total. The number of nitrogens with one attached hydrogen (secondary N) is 1. The number of esters is 2. The van der Waals surface area contributed by atoms with E-state index in [0.29, 0.717) is 6.42 Å². The molecule has 2 atom stereocenters. The van der Waals surface area contributed by atoms with Crippen LogP contribution in [0.25, 0.3) is 0 Å². The molecule has 0 aliphatic heterocycles. The van der Waals surface area contributed by atoms with Gasteiger partial charge in [0.05, 0.1) is 19.4 Å². The first-order chi connectivity index (χ1) is 16.8. The summed E-state index contributed by atoms with van der Waals surface area (Å²) in [6.07, 6.45) is 3.32. The van der Waals surface area contributed by atoms with E-state index in [-0.39, 0.29) is 29.0 Å². The Morgan fingerprint density at radius 3 is 2.09 bits per heavy atom. The second kappa shape index (κ2) is 13.6. The lowest BCUT2D eigenvalue weighted by Gasteiger charge is -2.26. The fraction of sp³-hybridized carbons (Fsp3) is 0.346. The van der Waals surface area contributed by atoms with Crippen LogP contribution in [0.3, 0.4) is 0 Å². The smallest absolute Gasteiger partial charge is 0.342 e. The first kappa shape index (κ1) is 27.9. The van der Waals surface area contributed by atoms with E-state index in [4.69, 9.17) is 9.47 Å². The van der Waals surface area contributed by atoms with E-state index in [1.807, 2.05) is 37.3 Å². The van der Waals surface area contributed by atoms with E-state index in [1.165, 1.54) is 6.21 Å². The van der Waals surface area contributed by atoms with Crippen LogP contribution in [-0.2, 0) is 29.1 Å². The molecule has 0 aliphatic rings. The Labute approximate surface area is 207 Å². The summed E-state index contributed by atoms with van der Waals surface area (Å²) in [7, 11) is -3.90. The van der Waals surface area contributed by atoms with Crippen molar-refractivity contribution in [1.82, 2.24) is 0 Å². The van der Waals surface area contributed by atoms with Gasteiger partial charge < -0.3 is 9.47 Å². The number of aryl methyl sites for hydroxylation is 1. The number of carbonyl (C=O) groups excluding carboxylic acids is 2. The lowest BCUT2D eigenvalue weighted by molar-refractivity contribution is -0.793. The molecule has 9 heteroatoms. The summed E-state index contributed by atoms with van der Waals surface area (Å²) in [5.74, 6) is -1.70. The van der Waals surface area contributed by atoms with Crippen LogP contribution in [0.5, 0.6) is 0 Å². The number of hydrogen-bond acceptors (Lipinski definition) is 7. The van der Waals surface area contributed by atoms with Gasteiger partial charge in [-0.25, -0.2) is 13.9 Å². The van der Waals surface area contributed by atoms with E-state index in [0.717, 1.165) is 11.1 Å². The average Bonchev–Trinajstić information content (AvgIpc) is 2.84. The van der Waals surface area contributed by atoms with E-state index in [2.05, 4.69) is 11.6 Å². The van der Waals surface area contributed by atoms with Crippen molar-refractivity contribution in [3.8, 4) is 0 Å². The number of aliphatic imine (C=N–C) groups is 1. The maximum absolute atomic E-state index is 13.8. The van der Waals surface area contributed by atoms with Gasteiger partial charge in [-0.05, 0) is 32.9 Å². The highest BCUT2D eigenvalue weighted by Gasteiger charge is 2.36. The average molecular weight is 502 g/mol. The molecule has 2 unspecified atom stereocenters. The zero-order valence-corrected chi connectivity index (χ0v) is 21.2. The molecule has 2 aromatic rings. The first-order valence-corrected chi connectivity index (χ1v) is 12.9. The molecule has 188 valence electrons. The summed E-state index contributed by atoms with van der Waals surface area (Å²) in [4.78, 5) is 28.8. The minimum absolute atomic E-state index is 0.0683. The summed E-state index contributed by atoms with van der Waals surface area (Å²) in [6, 6.07) is 13.8. The van der Waals surface area contributed by atoms with E-state index < -0.39 is 34.0 Å². The number of hydrogen-bond donors (Lipinski definition) is 1. The number of nitrogens with zero attached hydrogens (tertiary/aromatic N) is 1. The zero-order chi connectivity index (χ0) is 25.8. The Morgan fingerprint density at radius 2 is 1.57 bits per heavy atom. The number of benzene rings is 2. The summed E-state index contributed by atoms with van der Waals surface area (Å²) in [6.45, 7) is 8.94. The molecule has 2 rings (SSSR count). The van der Waals surface area contributed by atoms with Crippen LogP contribution in [0.15, 0.2) is 77.1 Å². The SMILES string of the molecule is C=CCC(c1ccccc1)[NH+](CC=NC(C(=O)OCC)C(=O)OCC)S(=O)(=O)c1ccc(C)cc1. The maximum atomic E-state index is 13.8. The molecule has 0 saturated carbocycles. The predicted octanol–water partition coefficient (Wildman–Crippen LogP) is 2.45. The van der Waals surface area contributed by atoms with Crippen molar-refractivity contribution >= 4 is 28.2 Å². The molecule has 8 nitrogen and oxygen atoms in total. The second-order valence-electron chi connectivity index (χ2n) is 7.71. The molecule has 0 fully saturated rings. The van der Waals surface area contributed by atoms with Gasteiger partial charge in [0.1, 0.15) is 17.5 Å². The van der Waals surface area contributed by atoms with Gasteiger partial charge in [0.25, 0.3) is 0 Å². The van der Waals surface area contributed by atoms with Crippen LogP contribution in [0.2, 0.25) is 0 Å². The number of ether oxygens (including phenoxy) is 2. The number of sulfonamides is 1. The van der Waals surface area contributed by atoms with Gasteiger partial charge in [-0.1, -0.05) is 54.1 Å². The van der Waals surface area contributed by atoms with E-state index in [9.17, 15) is 18.0 Å². The van der Waals surface area contributed by atoms with Crippen LogP contribution in [0.1, 0.15) is 37.4 Å². The molecular weight excluding hydrogens is 468 g/mol. The summed E-state index contributed by atoms with van der Waals surface area (Å²) < 4.78 is 37.6. The van der Waals surface area contributed by atoms with Crippen LogP contribution >= 0.6 is 0 Å². The van der Waals surface area contributed by atoms with Gasteiger partial charge >= 0.3 is 22.0 Å². The molecular formula is C26H33N2O6S+. The van der Waals surface area contributed by atoms with E-state index in [1.54, 1.807) is 44.2 Å². The fourth-order valence-corrected chi connectivity index (χ4v) is 5.22. The van der Waals surface area contributed by atoms with E-state index >= 15 is 0 Å². The monoisotopic (exact) mass is 501 g/mol. The normalized spacial score (nSPS) is 13.4. The molecule has 0 heterocycles. The van der Waals surface area contributed by atoms with Gasteiger partial charge in [-0.15, -0.1) is 6.58 Å². The van der Waals surface area contributed by atoms with Gasteiger partial charge in [-0.3, -0.25) is 4.99 Å². The third kappa shape index (κ3) is 7.60.